The molecule has 0 radical (unpaired) electrons. The van der Waals surface area contributed by atoms with Crippen LogP contribution in [0, 0.1) is 0 Å². The van der Waals surface area contributed by atoms with Crippen LogP contribution in [0.15, 0.2) is 88.9 Å². The van der Waals surface area contributed by atoms with Crippen LogP contribution in [0.3, 0.4) is 0 Å². The van der Waals surface area contributed by atoms with E-state index in [2.05, 4.69) is 11.6 Å². The van der Waals surface area contributed by atoms with Gasteiger partial charge in [0.15, 0.2) is 5.43 Å². The molecule has 5 rings (SSSR count). The lowest BCUT2D eigenvalue weighted by Gasteiger charge is -2.25. The third-order valence-corrected chi connectivity index (χ3v) is 5.78. The van der Waals surface area contributed by atoms with E-state index >= 15 is 0 Å². The third kappa shape index (κ3) is 3.79. The number of hydrogen-bond donors (Lipinski definition) is 0. The van der Waals surface area contributed by atoms with Gasteiger partial charge < -0.3 is 14.1 Å². The molecule has 4 aromatic rings. The number of fused-ring (bicyclic) bond motifs is 2. The van der Waals surface area contributed by atoms with Crippen LogP contribution in [0.4, 0.5) is 0 Å². The first-order valence-electron chi connectivity index (χ1n) is 10.4. The molecular weight excluding hydrogens is 440 g/mol. The summed E-state index contributed by atoms with van der Waals surface area (Å²) in [5, 5.41) is 0.754. The first-order valence-corrected chi connectivity index (χ1v) is 10.7. The summed E-state index contributed by atoms with van der Waals surface area (Å²) >= 11 is 6.14. The summed E-state index contributed by atoms with van der Waals surface area (Å²) in [6.45, 7) is 4.27. The minimum absolute atomic E-state index is 0.0427. The number of amides is 1. The Morgan fingerprint density at radius 3 is 2.82 bits per heavy atom. The number of rotatable bonds is 6. The lowest BCUT2D eigenvalue weighted by atomic mass is 9.98. The van der Waals surface area contributed by atoms with Crippen LogP contribution in [0.1, 0.15) is 33.3 Å². The molecule has 0 bridgehead atoms. The van der Waals surface area contributed by atoms with Gasteiger partial charge in [0, 0.05) is 24.0 Å². The highest BCUT2D eigenvalue weighted by molar-refractivity contribution is 6.31. The highest BCUT2D eigenvalue weighted by atomic mass is 35.5. The Labute approximate surface area is 194 Å². The van der Waals surface area contributed by atoms with Crippen molar-refractivity contribution in [2.45, 2.75) is 12.6 Å². The van der Waals surface area contributed by atoms with Crippen molar-refractivity contribution in [3.05, 3.63) is 117 Å². The maximum absolute atomic E-state index is 13.6. The number of halogens is 1. The molecule has 1 aliphatic heterocycles. The number of ether oxygens (including phenoxy) is 1. The summed E-state index contributed by atoms with van der Waals surface area (Å²) in [5.74, 6) is 0.300. The Balaban J connectivity index is 1.70. The molecule has 6 nitrogen and oxygen atoms in total. The summed E-state index contributed by atoms with van der Waals surface area (Å²) in [4.78, 5) is 32.9. The van der Waals surface area contributed by atoms with Gasteiger partial charge in [-0.05, 0) is 47.5 Å². The van der Waals surface area contributed by atoms with Crippen LogP contribution in [0.2, 0.25) is 5.02 Å². The van der Waals surface area contributed by atoms with Gasteiger partial charge in [0.05, 0.1) is 17.0 Å². The molecule has 0 saturated carbocycles. The average molecular weight is 459 g/mol. The second kappa shape index (κ2) is 8.56. The third-order valence-electron chi connectivity index (χ3n) is 5.55. The van der Waals surface area contributed by atoms with Crippen LogP contribution in [0.5, 0.6) is 5.75 Å². The zero-order valence-electron chi connectivity index (χ0n) is 17.5. The molecule has 1 unspecified atom stereocenters. The first-order chi connectivity index (χ1) is 16.1. The van der Waals surface area contributed by atoms with Gasteiger partial charge in [-0.1, -0.05) is 42.5 Å². The van der Waals surface area contributed by atoms with Crippen molar-refractivity contribution < 1.29 is 13.9 Å². The molecule has 0 N–H and O–H groups in total. The van der Waals surface area contributed by atoms with E-state index in [-0.39, 0.29) is 23.6 Å². The van der Waals surface area contributed by atoms with E-state index in [1.54, 1.807) is 41.6 Å². The van der Waals surface area contributed by atoms with Gasteiger partial charge in [-0.2, -0.15) is 0 Å². The Morgan fingerprint density at radius 1 is 1.15 bits per heavy atom. The molecule has 3 heterocycles. The zero-order chi connectivity index (χ0) is 22.9. The van der Waals surface area contributed by atoms with Crippen molar-refractivity contribution in [2.24, 2.45) is 0 Å². The summed E-state index contributed by atoms with van der Waals surface area (Å²) in [6.07, 6.45) is 5.02. The number of hydrogen-bond acceptors (Lipinski definition) is 5. The van der Waals surface area contributed by atoms with Crippen LogP contribution < -0.4 is 10.2 Å². The standard InChI is InChI=1S/C26H19ClN2O4/c1-2-11-32-19-7-3-6-17(12-19)23-22-24(30)20-13-18(27)8-9-21(20)33-25(22)26(31)29(23)15-16-5-4-10-28-14-16/h2-10,12-14,23H,1,11,15H2. The lowest BCUT2D eigenvalue weighted by Crippen LogP contribution is -2.29. The smallest absolute Gasteiger partial charge is 0.291 e. The van der Waals surface area contributed by atoms with Gasteiger partial charge in [0.1, 0.15) is 17.9 Å². The summed E-state index contributed by atoms with van der Waals surface area (Å²) in [5.41, 5.74) is 1.91. The maximum Gasteiger partial charge on any atom is 0.291 e. The highest BCUT2D eigenvalue weighted by Gasteiger charge is 2.42. The molecule has 2 aromatic heterocycles. The number of nitrogens with zero attached hydrogens (tertiary/aromatic N) is 2. The molecule has 0 spiro atoms. The van der Waals surface area contributed by atoms with Crippen molar-refractivity contribution in [1.29, 1.82) is 0 Å². The Bertz CT molecular complexity index is 1430. The van der Waals surface area contributed by atoms with Crippen molar-refractivity contribution >= 4 is 28.5 Å². The Morgan fingerprint density at radius 2 is 2.03 bits per heavy atom. The van der Waals surface area contributed by atoms with E-state index in [9.17, 15) is 9.59 Å². The summed E-state index contributed by atoms with van der Waals surface area (Å²) < 4.78 is 11.6. The summed E-state index contributed by atoms with van der Waals surface area (Å²) in [7, 11) is 0. The van der Waals surface area contributed by atoms with Gasteiger partial charge in [0.2, 0.25) is 5.76 Å². The minimum Gasteiger partial charge on any atom is -0.490 e. The monoisotopic (exact) mass is 458 g/mol. The Kier molecular flexibility index (Phi) is 5.44. The predicted molar refractivity (Wildman–Crippen MR) is 126 cm³/mol. The largest absolute Gasteiger partial charge is 0.490 e. The van der Waals surface area contributed by atoms with E-state index in [1.807, 2.05) is 36.4 Å². The number of carbonyl (C=O) groups excluding carboxylic acids is 1. The average Bonchev–Trinajstić information content (AvgIpc) is 3.11. The SMILES string of the molecule is C=CCOc1cccc(C2c3c(oc4ccc(Cl)cc4c3=O)C(=O)N2Cc2cccnc2)c1. The van der Waals surface area contributed by atoms with Gasteiger partial charge in [-0.15, -0.1) is 0 Å². The topological polar surface area (TPSA) is 72.6 Å². The van der Waals surface area contributed by atoms with Gasteiger partial charge in [-0.3, -0.25) is 14.6 Å². The van der Waals surface area contributed by atoms with Crippen LogP contribution in [-0.2, 0) is 6.54 Å². The molecule has 7 heteroatoms. The molecular formula is C26H19ClN2O4. The van der Waals surface area contributed by atoms with Gasteiger partial charge in [-0.25, -0.2) is 0 Å². The molecule has 0 fully saturated rings. The fourth-order valence-corrected chi connectivity index (χ4v) is 4.29. The van der Waals surface area contributed by atoms with Crippen LogP contribution >= 0.6 is 11.6 Å². The number of pyridine rings is 1. The molecule has 33 heavy (non-hydrogen) atoms. The molecule has 0 aliphatic carbocycles. The van der Waals surface area contributed by atoms with Gasteiger partial charge in [0.25, 0.3) is 5.91 Å². The van der Waals surface area contributed by atoms with E-state index < -0.39 is 6.04 Å². The van der Waals surface area contributed by atoms with Crippen LogP contribution in [0.25, 0.3) is 11.0 Å². The second-order valence-electron chi connectivity index (χ2n) is 7.68. The normalized spacial score (nSPS) is 15.0. The molecule has 1 aliphatic rings. The fourth-order valence-electron chi connectivity index (χ4n) is 4.12. The zero-order valence-corrected chi connectivity index (χ0v) is 18.3. The van der Waals surface area contributed by atoms with E-state index in [4.69, 9.17) is 20.8 Å². The van der Waals surface area contributed by atoms with Crippen molar-refractivity contribution in [1.82, 2.24) is 9.88 Å². The number of aromatic nitrogens is 1. The molecule has 1 amide bonds. The van der Waals surface area contributed by atoms with E-state index in [1.165, 1.54) is 0 Å². The quantitative estimate of drug-likeness (QED) is 0.373. The van der Waals surface area contributed by atoms with Crippen molar-refractivity contribution in [3.8, 4) is 5.75 Å². The van der Waals surface area contributed by atoms with Crippen LogP contribution in [-0.4, -0.2) is 22.4 Å². The highest BCUT2D eigenvalue weighted by Crippen LogP contribution is 2.40. The minimum atomic E-state index is -0.653. The second-order valence-corrected chi connectivity index (χ2v) is 8.12. The predicted octanol–water partition coefficient (Wildman–Crippen LogP) is 5.15. The van der Waals surface area contributed by atoms with E-state index in [0.717, 1.165) is 11.1 Å². The molecule has 1 atom stereocenters. The molecule has 2 aromatic carbocycles. The van der Waals surface area contributed by atoms with Crippen molar-refractivity contribution in [3.63, 3.8) is 0 Å². The van der Waals surface area contributed by atoms with Gasteiger partial charge >= 0.3 is 0 Å². The molecule has 0 saturated heterocycles. The first kappa shape index (κ1) is 21.0. The van der Waals surface area contributed by atoms with Crippen molar-refractivity contribution in [2.75, 3.05) is 6.61 Å². The summed E-state index contributed by atoms with van der Waals surface area (Å²) in [6, 6.07) is 15.2. The number of carbonyl (C=O) groups is 1. The molecule has 164 valence electrons. The fraction of sp³-hybridized carbons (Fsp3) is 0.115. The maximum atomic E-state index is 13.6. The lowest BCUT2D eigenvalue weighted by molar-refractivity contribution is 0.0714. The Hall–Kier alpha value is -3.90. The number of benzene rings is 2. The van der Waals surface area contributed by atoms with E-state index in [0.29, 0.717) is 33.9 Å².